The molecule has 0 aliphatic heterocycles. The van der Waals surface area contributed by atoms with Gasteiger partial charge in [-0.2, -0.15) is 0 Å². The van der Waals surface area contributed by atoms with Gasteiger partial charge in [0.25, 0.3) is 0 Å². The molecule has 0 radical (unpaired) electrons. The second-order valence-electron chi connectivity index (χ2n) is 6.17. The number of nitrogens with one attached hydrogen (secondary N) is 2. The van der Waals surface area contributed by atoms with Gasteiger partial charge in [-0.3, -0.25) is 4.57 Å². The molecule has 8 nitrogen and oxygen atoms in total. The number of nitrogens with zero attached hydrogens (tertiary/aromatic N) is 5. The van der Waals surface area contributed by atoms with Gasteiger partial charge in [0.15, 0.2) is 5.96 Å². The molecule has 0 bridgehead atoms. The van der Waals surface area contributed by atoms with Gasteiger partial charge in [-0.1, -0.05) is 6.07 Å². The summed E-state index contributed by atoms with van der Waals surface area (Å²) in [6.45, 7) is 9.60. The number of aromatic nitrogens is 4. The highest BCUT2D eigenvalue weighted by molar-refractivity contribution is 5.79. The fourth-order valence-corrected chi connectivity index (χ4v) is 2.56. The summed E-state index contributed by atoms with van der Waals surface area (Å²) in [5, 5.41) is 6.46. The number of aliphatic imine (C=N–C) groups is 1. The van der Waals surface area contributed by atoms with Crippen LogP contribution in [-0.2, 0) is 13.1 Å². The van der Waals surface area contributed by atoms with Gasteiger partial charge in [0.1, 0.15) is 17.4 Å². The normalized spacial score (nSPS) is 11.6. The van der Waals surface area contributed by atoms with Crippen LogP contribution in [0.3, 0.4) is 0 Å². The van der Waals surface area contributed by atoms with Crippen LogP contribution in [0, 0.1) is 20.8 Å². The Labute approximate surface area is 158 Å². The van der Waals surface area contributed by atoms with Crippen LogP contribution < -0.4 is 10.6 Å². The Hall–Kier alpha value is -3.16. The molecular formula is C19H25N7O. The van der Waals surface area contributed by atoms with Gasteiger partial charge in [-0.15, -0.1) is 0 Å². The summed E-state index contributed by atoms with van der Waals surface area (Å²) in [4.78, 5) is 17.7. The summed E-state index contributed by atoms with van der Waals surface area (Å²) >= 11 is 0. The zero-order valence-electron chi connectivity index (χ0n) is 16.2. The lowest BCUT2D eigenvalue weighted by atomic mass is 10.3. The first-order valence-electron chi connectivity index (χ1n) is 8.97. The molecule has 0 aromatic carbocycles. The highest BCUT2D eigenvalue weighted by Gasteiger charge is 2.07. The molecular weight excluding hydrogens is 342 g/mol. The van der Waals surface area contributed by atoms with Crippen LogP contribution in [0.25, 0.3) is 5.82 Å². The monoisotopic (exact) mass is 367 g/mol. The van der Waals surface area contributed by atoms with Crippen molar-refractivity contribution < 1.29 is 4.42 Å². The molecule has 0 amide bonds. The predicted octanol–water partition coefficient (Wildman–Crippen LogP) is 2.44. The molecule has 0 saturated heterocycles. The SMILES string of the molecule is CCNC(=NCc1ccc(-n2ccnc2C)nc1)NCc1nc(C)c(C)o1. The molecule has 8 heteroatoms. The molecule has 3 heterocycles. The summed E-state index contributed by atoms with van der Waals surface area (Å²) in [6.07, 6.45) is 5.50. The third kappa shape index (κ3) is 4.72. The fourth-order valence-electron chi connectivity index (χ4n) is 2.56. The first-order valence-corrected chi connectivity index (χ1v) is 8.97. The Morgan fingerprint density at radius 3 is 2.63 bits per heavy atom. The minimum Gasteiger partial charge on any atom is -0.444 e. The summed E-state index contributed by atoms with van der Waals surface area (Å²) in [5.74, 6) is 3.95. The van der Waals surface area contributed by atoms with Gasteiger partial charge in [-0.25, -0.2) is 19.9 Å². The summed E-state index contributed by atoms with van der Waals surface area (Å²) in [5.41, 5.74) is 1.93. The summed E-state index contributed by atoms with van der Waals surface area (Å²) < 4.78 is 7.53. The quantitative estimate of drug-likeness (QED) is 0.513. The maximum atomic E-state index is 5.59. The van der Waals surface area contributed by atoms with Gasteiger partial charge in [-0.05, 0) is 39.3 Å². The average Bonchev–Trinajstić information content (AvgIpc) is 3.23. The molecule has 0 aliphatic carbocycles. The lowest BCUT2D eigenvalue weighted by Gasteiger charge is -2.10. The zero-order chi connectivity index (χ0) is 19.2. The van der Waals surface area contributed by atoms with Crippen molar-refractivity contribution in [2.45, 2.75) is 40.8 Å². The lowest BCUT2D eigenvalue weighted by Crippen LogP contribution is -2.36. The van der Waals surface area contributed by atoms with Gasteiger partial charge < -0.3 is 15.1 Å². The molecule has 0 fully saturated rings. The minimum absolute atomic E-state index is 0.484. The van der Waals surface area contributed by atoms with E-state index in [4.69, 9.17) is 4.42 Å². The largest absolute Gasteiger partial charge is 0.444 e. The van der Waals surface area contributed by atoms with Crippen molar-refractivity contribution in [1.82, 2.24) is 30.2 Å². The summed E-state index contributed by atoms with van der Waals surface area (Å²) in [6, 6.07) is 3.99. The van der Waals surface area contributed by atoms with Crippen LogP contribution >= 0.6 is 0 Å². The second kappa shape index (κ2) is 8.48. The van der Waals surface area contributed by atoms with Crippen LogP contribution in [-0.4, -0.2) is 32.0 Å². The molecule has 3 aromatic heterocycles. The topological polar surface area (TPSA) is 93.2 Å². The van der Waals surface area contributed by atoms with Gasteiger partial charge in [0.2, 0.25) is 5.89 Å². The lowest BCUT2D eigenvalue weighted by molar-refractivity contribution is 0.463. The Balaban J connectivity index is 1.63. The maximum absolute atomic E-state index is 5.59. The molecule has 3 aromatic rings. The molecule has 27 heavy (non-hydrogen) atoms. The minimum atomic E-state index is 0.484. The maximum Gasteiger partial charge on any atom is 0.214 e. The average molecular weight is 367 g/mol. The van der Waals surface area contributed by atoms with Gasteiger partial charge in [0.05, 0.1) is 18.8 Å². The van der Waals surface area contributed by atoms with Crippen LogP contribution in [0.1, 0.15) is 35.7 Å². The number of aryl methyl sites for hydroxylation is 3. The first-order chi connectivity index (χ1) is 13.1. The molecule has 0 spiro atoms. The van der Waals surface area contributed by atoms with E-state index in [1.807, 2.05) is 56.8 Å². The van der Waals surface area contributed by atoms with E-state index in [0.29, 0.717) is 24.9 Å². The van der Waals surface area contributed by atoms with E-state index < -0.39 is 0 Å². The number of imidazole rings is 1. The van der Waals surface area contributed by atoms with Crippen molar-refractivity contribution in [2.75, 3.05) is 6.54 Å². The molecule has 3 rings (SSSR count). The first kappa shape index (κ1) is 18.6. The van der Waals surface area contributed by atoms with Gasteiger partial charge >= 0.3 is 0 Å². The van der Waals surface area contributed by atoms with Crippen molar-refractivity contribution in [1.29, 1.82) is 0 Å². The van der Waals surface area contributed by atoms with E-state index >= 15 is 0 Å². The van der Waals surface area contributed by atoms with Crippen molar-refractivity contribution in [2.24, 2.45) is 4.99 Å². The van der Waals surface area contributed by atoms with E-state index in [9.17, 15) is 0 Å². The summed E-state index contributed by atoms with van der Waals surface area (Å²) in [7, 11) is 0. The Bertz CT molecular complexity index is 889. The van der Waals surface area contributed by atoms with Gasteiger partial charge in [0, 0.05) is 25.1 Å². The van der Waals surface area contributed by atoms with Crippen molar-refractivity contribution >= 4 is 5.96 Å². The smallest absolute Gasteiger partial charge is 0.214 e. The molecule has 0 aliphatic rings. The van der Waals surface area contributed by atoms with E-state index in [2.05, 4.69) is 30.6 Å². The highest BCUT2D eigenvalue weighted by atomic mass is 16.4. The number of pyridine rings is 1. The Morgan fingerprint density at radius 2 is 2.04 bits per heavy atom. The number of hydrogen-bond acceptors (Lipinski definition) is 5. The third-order valence-electron chi connectivity index (χ3n) is 4.13. The van der Waals surface area contributed by atoms with Crippen LogP contribution in [0.15, 0.2) is 40.1 Å². The van der Waals surface area contributed by atoms with E-state index in [0.717, 1.165) is 35.2 Å². The fraction of sp³-hybridized carbons (Fsp3) is 0.368. The highest BCUT2D eigenvalue weighted by Crippen LogP contribution is 2.09. The van der Waals surface area contributed by atoms with Crippen molar-refractivity contribution in [3.8, 4) is 5.82 Å². The number of oxazole rings is 1. The zero-order valence-corrected chi connectivity index (χ0v) is 16.2. The van der Waals surface area contributed by atoms with E-state index in [-0.39, 0.29) is 0 Å². The molecule has 2 N–H and O–H groups in total. The molecule has 142 valence electrons. The number of rotatable bonds is 6. The van der Waals surface area contributed by atoms with Crippen LogP contribution in [0.2, 0.25) is 0 Å². The Kier molecular flexibility index (Phi) is 5.85. The van der Waals surface area contributed by atoms with Crippen molar-refractivity contribution in [3.63, 3.8) is 0 Å². The van der Waals surface area contributed by atoms with Crippen molar-refractivity contribution in [3.05, 3.63) is 59.5 Å². The van der Waals surface area contributed by atoms with Crippen LogP contribution in [0.5, 0.6) is 0 Å². The third-order valence-corrected chi connectivity index (χ3v) is 4.13. The standard InChI is InChI=1S/C19H25N7O/c1-5-20-19(24-12-18-25-13(2)14(3)27-18)23-11-16-6-7-17(22-10-16)26-9-8-21-15(26)4/h6-10H,5,11-12H2,1-4H3,(H2,20,23,24). The molecule has 0 unspecified atom stereocenters. The van der Waals surface area contributed by atoms with E-state index in [1.165, 1.54) is 0 Å². The Morgan fingerprint density at radius 1 is 1.19 bits per heavy atom. The predicted molar refractivity (Wildman–Crippen MR) is 104 cm³/mol. The molecule has 0 saturated carbocycles. The second-order valence-corrected chi connectivity index (χ2v) is 6.17. The number of hydrogen-bond donors (Lipinski definition) is 2. The van der Waals surface area contributed by atoms with Crippen LogP contribution in [0.4, 0.5) is 0 Å². The molecule has 0 atom stereocenters. The van der Waals surface area contributed by atoms with E-state index in [1.54, 1.807) is 6.20 Å². The number of guanidine groups is 1.